The van der Waals surface area contributed by atoms with Crippen molar-refractivity contribution in [3.63, 3.8) is 0 Å². The van der Waals surface area contributed by atoms with E-state index in [2.05, 4.69) is 45.1 Å². The Morgan fingerprint density at radius 3 is 0.864 bits per heavy atom. The Morgan fingerprint density at radius 2 is 0.593 bits per heavy atom. The molecule has 0 heterocycles. The van der Waals surface area contributed by atoms with Gasteiger partial charge in [0.05, 0.1) is 6.61 Å². The third kappa shape index (κ3) is 39.0. The lowest BCUT2D eigenvalue weighted by molar-refractivity contribution is -0.170. The molecule has 0 radical (unpaired) electrons. The van der Waals surface area contributed by atoms with Crippen molar-refractivity contribution in [2.24, 2.45) is 5.41 Å². The molecule has 0 aromatic carbocycles. The SMILES string of the molecule is CCCCCCCC/C=C\CCCCCCCCC(CCCCCCCC/C=C\CCCCCCCC)(C(=O)O)C(=O)OCCCCCCCCCCCCCCCC. The molecule has 0 aliphatic heterocycles. The van der Waals surface area contributed by atoms with Crippen LogP contribution in [0.5, 0.6) is 0 Å². The van der Waals surface area contributed by atoms with Crippen LogP contribution in [0.2, 0.25) is 0 Å². The standard InChI is InChI=1S/C55H104O4/c1-4-7-10-13-16-19-22-25-28-30-32-35-38-41-44-47-50-55(53(56)57,51-48-45-42-39-36-33-31-29-26-23-20-17-14-11-8-5-2)54(58)59-52-49-46-43-40-37-34-27-24-21-18-15-12-9-6-3/h25-26,28-29H,4-24,27,30-52H2,1-3H3,(H,56,57)/b28-25-,29-26-. The van der Waals surface area contributed by atoms with Gasteiger partial charge in [0.15, 0.2) is 5.41 Å². The predicted octanol–water partition coefficient (Wildman–Crippen LogP) is 18.9. The van der Waals surface area contributed by atoms with Crippen molar-refractivity contribution in [1.82, 2.24) is 0 Å². The molecule has 4 heteroatoms. The average Bonchev–Trinajstić information content (AvgIpc) is 3.23. The van der Waals surface area contributed by atoms with Crippen LogP contribution in [0.1, 0.15) is 303 Å². The third-order valence-electron chi connectivity index (χ3n) is 12.8. The molecule has 0 amide bonds. The Hall–Kier alpha value is -1.58. The fourth-order valence-electron chi connectivity index (χ4n) is 8.58. The normalized spacial score (nSPS) is 12.1. The monoisotopic (exact) mass is 829 g/mol. The number of allylic oxidation sites excluding steroid dienone is 4. The van der Waals surface area contributed by atoms with Gasteiger partial charge in [-0.1, -0.05) is 257 Å². The molecule has 0 aromatic heterocycles. The molecule has 0 saturated heterocycles. The smallest absolute Gasteiger partial charge is 0.323 e. The van der Waals surface area contributed by atoms with E-state index in [1.54, 1.807) is 0 Å². The summed E-state index contributed by atoms with van der Waals surface area (Å²) in [6.45, 7) is 7.18. The topological polar surface area (TPSA) is 63.6 Å². The molecule has 348 valence electrons. The summed E-state index contributed by atoms with van der Waals surface area (Å²) in [7, 11) is 0. The lowest BCUT2D eigenvalue weighted by Gasteiger charge is -2.27. The summed E-state index contributed by atoms with van der Waals surface area (Å²) in [6.07, 6.45) is 62.4. The highest BCUT2D eigenvalue weighted by Gasteiger charge is 2.46. The zero-order chi connectivity index (χ0) is 43.0. The Labute approximate surface area is 369 Å². The fourth-order valence-corrected chi connectivity index (χ4v) is 8.58. The van der Waals surface area contributed by atoms with E-state index in [1.807, 2.05) is 0 Å². The highest BCUT2D eigenvalue weighted by Crippen LogP contribution is 2.34. The van der Waals surface area contributed by atoms with Crippen LogP contribution in [0.3, 0.4) is 0 Å². The van der Waals surface area contributed by atoms with Crippen LogP contribution >= 0.6 is 0 Å². The summed E-state index contributed by atoms with van der Waals surface area (Å²) in [4.78, 5) is 26.5. The minimum absolute atomic E-state index is 0.354. The molecule has 4 nitrogen and oxygen atoms in total. The minimum atomic E-state index is -1.39. The maximum Gasteiger partial charge on any atom is 0.323 e. The van der Waals surface area contributed by atoms with Gasteiger partial charge >= 0.3 is 11.9 Å². The Morgan fingerprint density at radius 1 is 0.356 bits per heavy atom. The zero-order valence-corrected chi connectivity index (χ0v) is 40.3. The van der Waals surface area contributed by atoms with E-state index >= 15 is 0 Å². The van der Waals surface area contributed by atoms with E-state index in [9.17, 15) is 14.7 Å². The van der Waals surface area contributed by atoms with E-state index in [1.165, 1.54) is 218 Å². The van der Waals surface area contributed by atoms with Crippen molar-refractivity contribution >= 4 is 11.9 Å². The van der Waals surface area contributed by atoms with Gasteiger partial charge in [-0.05, 0) is 70.6 Å². The van der Waals surface area contributed by atoms with Crippen LogP contribution in [0.15, 0.2) is 24.3 Å². The molecule has 0 atom stereocenters. The van der Waals surface area contributed by atoms with E-state index in [0.717, 1.165) is 51.4 Å². The van der Waals surface area contributed by atoms with Crippen LogP contribution in [0, 0.1) is 5.41 Å². The maximum absolute atomic E-state index is 13.6. The minimum Gasteiger partial charge on any atom is -0.480 e. The first-order valence-corrected chi connectivity index (χ1v) is 26.8. The van der Waals surface area contributed by atoms with Crippen molar-refractivity contribution in [2.75, 3.05) is 6.61 Å². The van der Waals surface area contributed by atoms with Crippen molar-refractivity contribution in [3.8, 4) is 0 Å². The first kappa shape index (κ1) is 57.4. The molecule has 0 rings (SSSR count). The molecule has 0 aliphatic rings. The largest absolute Gasteiger partial charge is 0.480 e. The van der Waals surface area contributed by atoms with Gasteiger partial charge in [0.25, 0.3) is 0 Å². The first-order valence-electron chi connectivity index (χ1n) is 26.8. The maximum atomic E-state index is 13.6. The number of hydrogen-bond donors (Lipinski definition) is 1. The number of hydrogen-bond acceptors (Lipinski definition) is 3. The quantitative estimate of drug-likeness (QED) is 0.0287. The molecule has 0 spiro atoms. The predicted molar refractivity (Wildman–Crippen MR) is 259 cm³/mol. The van der Waals surface area contributed by atoms with Crippen LogP contribution < -0.4 is 0 Å². The molecule has 0 fully saturated rings. The molecule has 0 bridgehead atoms. The summed E-state index contributed by atoms with van der Waals surface area (Å²) in [5.74, 6) is -1.44. The fraction of sp³-hybridized carbons (Fsp3) is 0.891. The molecular formula is C55H104O4. The Balaban J connectivity index is 4.54. The summed E-state index contributed by atoms with van der Waals surface area (Å²) >= 11 is 0. The molecule has 0 unspecified atom stereocenters. The summed E-state index contributed by atoms with van der Waals surface area (Å²) in [5.41, 5.74) is -1.39. The summed E-state index contributed by atoms with van der Waals surface area (Å²) < 4.78 is 5.80. The van der Waals surface area contributed by atoms with Gasteiger partial charge in [-0.3, -0.25) is 9.59 Å². The van der Waals surface area contributed by atoms with Crippen LogP contribution in [-0.4, -0.2) is 23.7 Å². The Kier molecular flexibility index (Phi) is 46.2. The molecule has 0 saturated carbocycles. The van der Waals surface area contributed by atoms with Crippen molar-refractivity contribution in [2.45, 2.75) is 303 Å². The highest BCUT2D eigenvalue weighted by atomic mass is 16.5. The number of unbranched alkanes of at least 4 members (excludes halogenated alkanes) is 37. The second-order valence-electron chi connectivity index (χ2n) is 18.5. The lowest BCUT2D eigenvalue weighted by Crippen LogP contribution is -2.41. The molecular weight excluding hydrogens is 725 g/mol. The van der Waals surface area contributed by atoms with Crippen LogP contribution in [0.25, 0.3) is 0 Å². The van der Waals surface area contributed by atoms with Crippen LogP contribution in [-0.2, 0) is 14.3 Å². The van der Waals surface area contributed by atoms with Crippen molar-refractivity contribution in [3.05, 3.63) is 24.3 Å². The molecule has 0 aliphatic carbocycles. The van der Waals surface area contributed by atoms with E-state index in [-0.39, 0.29) is 0 Å². The Bertz CT molecular complexity index is 880. The van der Waals surface area contributed by atoms with E-state index < -0.39 is 17.4 Å². The molecule has 1 N–H and O–H groups in total. The van der Waals surface area contributed by atoms with Crippen molar-refractivity contribution < 1.29 is 19.4 Å². The molecule has 59 heavy (non-hydrogen) atoms. The number of esters is 1. The number of carboxylic acids is 1. The van der Waals surface area contributed by atoms with Gasteiger partial charge in [-0.2, -0.15) is 0 Å². The average molecular weight is 829 g/mol. The third-order valence-corrected chi connectivity index (χ3v) is 12.8. The zero-order valence-electron chi connectivity index (χ0n) is 40.3. The van der Waals surface area contributed by atoms with Gasteiger partial charge in [-0.25, -0.2) is 0 Å². The number of carbonyl (C=O) groups excluding carboxylic acids is 1. The van der Waals surface area contributed by atoms with Gasteiger partial charge in [0, 0.05) is 0 Å². The second kappa shape index (κ2) is 47.5. The number of rotatable bonds is 49. The second-order valence-corrected chi connectivity index (χ2v) is 18.5. The van der Waals surface area contributed by atoms with Gasteiger partial charge in [0.2, 0.25) is 0 Å². The number of carboxylic acid groups (broad SMARTS) is 1. The highest BCUT2D eigenvalue weighted by molar-refractivity contribution is 5.99. The number of aliphatic carboxylic acids is 1. The number of carbonyl (C=O) groups is 2. The number of ether oxygens (including phenoxy) is 1. The first-order chi connectivity index (χ1) is 29.0. The van der Waals surface area contributed by atoms with Crippen LogP contribution in [0.4, 0.5) is 0 Å². The molecule has 0 aromatic rings. The summed E-state index contributed by atoms with van der Waals surface area (Å²) in [6, 6.07) is 0. The van der Waals surface area contributed by atoms with Gasteiger partial charge in [-0.15, -0.1) is 0 Å². The van der Waals surface area contributed by atoms with Gasteiger partial charge < -0.3 is 9.84 Å². The van der Waals surface area contributed by atoms with Gasteiger partial charge in [0.1, 0.15) is 0 Å². The van der Waals surface area contributed by atoms with E-state index in [0.29, 0.717) is 19.4 Å². The lowest BCUT2D eigenvalue weighted by atomic mass is 9.77. The van der Waals surface area contributed by atoms with E-state index in [4.69, 9.17) is 4.74 Å². The van der Waals surface area contributed by atoms with Crippen molar-refractivity contribution in [1.29, 1.82) is 0 Å². The summed E-state index contributed by atoms with van der Waals surface area (Å²) in [5, 5.41) is 10.6.